The van der Waals surface area contributed by atoms with Crippen LogP contribution in [0.25, 0.3) is 22.2 Å². The Kier molecular flexibility index (Phi) is 3.82. The third-order valence-electron chi connectivity index (χ3n) is 3.86. The van der Waals surface area contributed by atoms with E-state index in [1.54, 1.807) is 0 Å². The molecule has 25 heavy (non-hydrogen) atoms. The summed E-state index contributed by atoms with van der Waals surface area (Å²) in [6.45, 7) is 3.88. The molecule has 2 heterocycles. The molecular formula is C20H17N5. The van der Waals surface area contributed by atoms with Crippen molar-refractivity contribution in [1.29, 1.82) is 0 Å². The number of fused-ring (bicyclic) bond motifs is 1. The van der Waals surface area contributed by atoms with Crippen LogP contribution < -0.4 is 5.32 Å². The highest BCUT2D eigenvalue weighted by Gasteiger charge is 2.10. The number of aryl methyl sites for hydroxylation is 2. The maximum Gasteiger partial charge on any atom is 0.230 e. The van der Waals surface area contributed by atoms with Crippen molar-refractivity contribution >= 4 is 22.8 Å². The van der Waals surface area contributed by atoms with Gasteiger partial charge in [-0.05, 0) is 26.0 Å². The molecular weight excluding hydrogens is 310 g/mol. The van der Waals surface area contributed by atoms with E-state index in [4.69, 9.17) is 4.98 Å². The summed E-state index contributed by atoms with van der Waals surface area (Å²) in [6.07, 6.45) is 0. The molecule has 2 aromatic carbocycles. The van der Waals surface area contributed by atoms with Crippen LogP contribution in [0.1, 0.15) is 11.4 Å². The van der Waals surface area contributed by atoms with Crippen molar-refractivity contribution in [2.75, 3.05) is 5.32 Å². The fourth-order valence-corrected chi connectivity index (χ4v) is 2.83. The van der Waals surface area contributed by atoms with Crippen molar-refractivity contribution < 1.29 is 0 Å². The number of benzene rings is 2. The minimum absolute atomic E-state index is 0.488. The van der Waals surface area contributed by atoms with E-state index in [9.17, 15) is 0 Å². The average Bonchev–Trinajstić information content (AvgIpc) is 2.61. The van der Waals surface area contributed by atoms with Gasteiger partial charge >= 0.3 is 0 Å². The van der Waals surface area contributed by atoms with Crippen molar-refractivity contribution in [2.24, 2.45) is 0 Å². The summed E-state index contributed by atoms with van der Waals surface area (Å²) < 4.78 is 0. The van der Waals surface area contributed by atoms with Crippen LogP contribution in [0.3, 0.4) is 0 Å². The van der Waals surface area contributed by atoms with E-state index in [2.05, 4.69) is 20.3 Å². The lowest BCUT2D eigenvalue weighted by molar-refractivity contribution is 1.05. The molecule has 0 fully saturated rings. The van der Waals surface area contributed by atoms with Crippen LogP contribution in [0, 0.1) is 13.8 Å². The smallest absolute Gasteiger partial charge is 0.230 e. The number of hydrogen-bond acceptors (Lipinski definition) is 5. The van der Waals surface area contributed by atoms with Gasteiger partial charge in [-0.25, -0.2) is 19.9 Å². The summed E-state index contributed by atoms with van der Waals surface area (Å²) in [5.41, 5.74) is 4.62. The normalized spacial score (nSPS) is 10.8. The van der Waals surface area contributed by atoms with Crippen LogP contribution in [0.15, 0.2) is 60.7 Å². The monoisotopic (exact) mass is 327 g/mol. The molecule has 0 aliphatic heterocycles. The first-order valence-electron chi connectivity index (χ1n) is 8.10. The third-order valence-corrected chi connectivity index (χ3v) is 3.86. The Morgan fingerprint density at radius 1 is 0.680 bits per heavy atom. The van der Waals surface area contributed by atoms with Gasteiger partial charge in [-0.15, -0.1) is 0 Å². The van der Waals surface area contributed by atoms with E-state index in [1.807, 2.05) is 74.5 Å². The summed E-state index contributed by atoms with van der Waals surface area (Å²) in [7, 11) is 0. The Balaban J connectivity index is 1.85. The van der Waals surface area contributed by atoms with E-state index >= 15 is 0 Å². The van der Waals surface area contributed by atoms with Gasteiger partial charge < -0.3 is 0 Å². The first kappa shape index (κ1) is 15.2. The maximum absolute atomic E-state index is 4.72. The van der Waals surface area contributed by atoms with Crippen LogP contribution in [0.5, 0.6) is 0 Å². The lowest BCUT2D eigenvalue weighted by atomic mass is 10.1. The van der Waals surface area contributed by atoms with Crippen LogP contribution >= 0.6 is 0 Å². The highest BCUT2D eigenvalue weighted by atomic mass is 15.2. The van der Waals surface area contributed by atoms with Crippen LogP contribution in [0.4, 0.5) is 11.9 Å². The molecule has 0 saturated heterocycles. The number of rotatable bonds is 3. The van der Waals surface area contributed by atoms with Gasteiger partial charge in [-0.2, -0.15) is 0 Å². The van der Waals surface area contributed by atoms with E-state index in [-0.39, 0.29) is 0 Å². The Bertz CT molecular complexity index is 1020. The lowest BCUT2D eigenvalue weighted by Gasteiger charge is -2.10. The average molecular weight is 327 g/mol. The van der Waals surface area contributed by atoms with Crippen molar-refractivity contribution in [1.82, 2.24) is 19.9 Å². The molecule has 0 atom stereocenters. The van der Waals surface area contributed by atoms with Crippen molar-refractivity contribution in [2.45, 2.75) is 13.8 Å². The van der Waals surface area contributed by atoms with Crippen LogP contribution in [0.2, 0.25) is 0 Å². The van der Waals surface area contributed by atoms with Crippen molar-refractivity contribution in [3.63, 3.8) is 0 Å². The number of hydrogen-bond donors (Lipinski definition) is 1. The third kappa shape index (κ3) is 3.17. The number of para-hydroxylation sites is 1. The number of anilines is 2. The Morgan fingerprint density at radius 3 is 2.08 bits per heavy atom. The first-order chi connectivity index (χ1) is 12.2. The van der Waals surface area contributed by atoms with E-state index in [1.165, 1.54) is 0 Å². The number of nitrogens with zero attached hydrogens (tertiary/aromatic N) is 4. The fraction of sp³-hybridized carbons (Fsp3) is 0.100. The number of aromatic nitrogens is 4. The molecule has 1 N–H and O–H groups in total. The molecule has 4 rings (SSSR count). The molecule has 0 radical (unpaired) electrons. The SMILES string of the molecule is Cc1cc(C)nc(Nc2nc(-c3ccccc3)c3ccccc3n2)n1. The summed E-state index contributed by atoms with van der Waals surface area (Å²) in [5, 5.41) is 4.16. The van der Waals surface area contributed by atoms with Gasteiger partial charge in [0.05, 0.1) is 11.2 Å². The fourth-order valence-electron chi connectivity index (χ4n) is 2.83. The standard InChI is InChI=1S/C20H17N5/c1-13-12-14(2)22-19(21-13)25-20-23-17-11-7-6-10-16(17)18(24-20)15-8-4-3-5-9-15/h3-12H,1-2H3,(H,21,22,23,24,25). The summed E-state index contributed by atoms with van der Waals surface area (Å²) in [5.74, 6) is 0.995. The maximum atomic E-state index is 4.72. The molecule has 0 bridgehead atoms. The summed E-state index contributed by atoms with van der Waals surface area (Å²) >= 11 is 0. The summed E-state index contributed by atoms with van der Waals surface area (Å²) in [4.78, 5) is 18.2. The second kappa shape index (κ2) is 6.28. The Morgan fingerprint density at radius 2 is 1.32 bits per heavy atom. The first-order valence-corrected chi connectivity index (χ1v) is 8.10. The van der Waals surface area contributed by atoms with Crippen LogP contribution in [-0.2, 0) is 0 Å². The molecule has 122 valence electrons. The zero-order valence-electron chi connectivity index (χ0n) is 14.1. The lowest BCUT2D eigenvalue weighted by Crippen LogP contribution is -2.04. The van der Waals surface area contributed by atoms with Crippen molar-refractivity contribution in [3.8, 4) is 11.3 Å². The minimum Gasteiger partial charge on any atom is -0.293 e. The van der Waals surface area contributed by atoms with Gasteiger partial charge in [0.15, 0.2) is 0 Å². The van der Waals surface area contributed by atoms with E-state index in [0.29, 0.717) is 11.9 Å². The molecule has 0 saturated carbocycles. The van der Waals surface area contributed by atoms with E-state index in [0.717, 1.165) is 33.5 Å². The molecule has 4 aromatic rings. The van der Waals surface area contributed by atoms with Gasteiger partial charge in [0.2, 0.25) is 11.9 Å². The minimum atomic E-state index is 0.488. The summed E-state index contributed by atoms with van der Waals surface area (Å²) in [6, 6.07) is 20.0. The van der Waals surface area contributed by atoms with Gasteiger partial charge in [0.25, 0.3) is 0 Å². The van der Waals surface area contributed by atoms with Crippen molar-refractivity contribution in [3.05, 3.63) is 72.1 Å². The molecule has 2 aromatic heterocycles. The molecule has 0 amide bonds. The van der Waals surface area contributed by atoms with Crippen LogP contribution in [-0.4, -0.2) is 19.9 Å². The second-order valence-electron chi connectivity index (χ2n) is 5.88. The predicted molar refractivity (Wildman–Crippen MR) is 99.8 cm³/mol. The molecule has 5 heteroatoms. The predicted octanol–water partition coefficient (Wildman–Crippen LogP) is 4.45. The zero-order chi connectivity index (χ0) is 17.2. The Labute approximate surface area is 145 Å². The molecule has 0 spiro atoms. The second-order valence-corrected chi connectivity index (χ2v) is 5.88. The quantitative estimate of drug-likeness (QED) is 0.602. The zero-order valence-corrected chi connectivity index (χ0v) is 14.1. The van der Waals surface area contributed by atoms with Gasteiger partial charge in [0, 0.05) is 22.3 Å². The molecule has 0 aliphatic carbocycles. The molecule has 0 unspecified atom stereocenters. The molecule has 0 aliphatic rings. The molecule has 5 nitrogen and oxygen atoms in total. The van der Waals surface area contributed by atoms with Gasteiger partial charge in [-0.3, -0.25) is 5.32 Å². The Hall–Kier alpha value is -3.34. The highest BCUT2D eigenvalue weighted by molar-refractivity contribution is 5.93. The topological polar surface area (TPSA) is 63.6 Å². The highest BCUT2D eigenvalue weighted by Crippen LogP contribution is 2.27. The van der Waals surface area contributed by atoms with Gasteiger partial charge in [0.1, 0.15) is 0 Å². The van der Waals surface area contributed by atoms with Gasteiger partial charge in [-0.1, -0.05) is 48.5 Å². The van der Waals surface area contributed by atoms with E-state index < -0.39 is 0 Å². The largest absolute Gasteiger partial charge is 0.293 e. The number of nitrogens with one attached hydrogen (secondary N) is 1.